The molecule has 6 heteroatoms. The predicted octanol–water partition coefficient (Wildman–Crippen LogP) is -0.269. The predicted molar refractivity (Wildman–Crippen MR) is 74.1 cm³/mol. The number of rotatable bonds is 3. The van der Waals surface area contributed by atoms with Crippen molar-refractivity contribution in [3.63, 3.8) is 0 Å². The minimum atomic E-state index is -1.23. The number of carbonyl (C=O) groups excluding carboxylic acids is 2. The number of carboxylic acid groups (broad SMARTS) is 1. The van der Waals surface area contributed by atoms with Crippen LogP contribution >= 0.6 is 0 Å². The fourth-order valence-electron chi connectivity index (χ4n) is 3.76. The number of hydrogen-bond donors (Lipinski definition) is 0. The van der Waals surface area contributed by atoms with Gasteiger partial charge in [-0.05, 0) is 12.1 Å². The van der Waals surface area contributed by atoms with Crippen LogP contribution in [0, 0.1) is 11.8 Å². The molecule has 0 radical (unpaired) electrons. The summed E-state index contributed by atoms with van der Waals surface area (Å²) in [5.41, 5.74) is -0.180. The number of fused-ring (bicyclic) bond motifs is 1. The minimum Gasteiger partial charge on any atom is -0.550 e. The molecular formula is C16H14NO5-. The fourth-order valence-corrected chi connectivity index (χ4v) is 3.76. The first kappa shape index (κ1) is 13.3. The van der Waals surface area contributed by atoms with E-state index in [4.69, 9.17) is 9.47 Å². The fraction of sp³-hybridized carbons (Fsp3) is 0.375. The summed E-state index contributed by atoms with van der Waals surface area (Å²) in [7, 11) is 1.55. The Bertz CT molecular complexity index is 700. The Labute approximate surface area is 126 Å². The van der Waals surface area contributed by atoms with Crippen LogP contribution in [-0.4, -0.2) is 37.2 Å². The largest absolute Gasteiger partial charge is 0.550 e. The van der Waals surface area contributed by atoms with Gasteiger partial charge in [0, 0.05) is 23.6 Å². The molecule has 114 valence electrons. The summed E-state index contributed by atoms with van der Waals surface area (Å²) in [6, 6.07) is 7.12. The lowest BCUT2D eigenvalue weighted by atomic mass is 9.77. The number of ether oxygens (including phenoxy) is 2. The summed E-state index contributed by atoms with van der Waals surface area (Å²) >= 11 is 0. The van der Waals surface area contributed by atoms with Crippen molar-refractivity contribution in [2.24, 2.45) is 11.8 Å². The van der Waals surface area contributed by atoms with E-state index in [1.807, 2.05) is 6.08 Å². The zero-order valence-corrected chi connectivity index (χ0v) is 11.9. The molecule has 3 aliphatic rings. The zero-order chi connectivity index (χ0) is 15.5. The molecule has 0 aliphatic carbocycles. The number of methoxy groups -OCH3 is 1. The highest BCUT2D eigenvalue weighted by Gasteiger charge is 2.65. The molecular weight excluding hydrogens is 286 g/mol. The van der Waals surface area contributed by atoms with Crippen molar-refractivity contribution in [2.45, 2.75) is 11.7 Å². The number of anilines is 1. The SMILES string of the molecule is COc1cccc(N2C[C@@]34C=C[C@H](O3)[C@H](C(=O)[O-])[C@@H]4C2=O)c1. The van der Waals surface area contributed by atoms with E-state index >= 15 is 0 Å². The quantitative estimate of drug-likeness (QED) is 0.718. The van der Waals surface area contributed by atoms with Crippen molar-refractivity contribution >= 4 is 17.6 Å². The number of aliphatic carboxylic acids is 1. The van der Waals surface area contributed by atoms with Crippen LogP contribution in [0.1, 0.15) is 0 Å². The van der Waals surface area contributed by atoms with Crippen molar-refractivity contribution in [3.05, 3.63) is 36.4 Å². The maximum atomic E-state index is 12.8. The van der Waals surface area contributed by atoms with Crippen LogP contribution in [0.2, 0.25) is 0 Å². The van der Waals surface area contributed by atoms with Crippen molar-refractivity contribution in [3.8, 4) is 5.75 Å². The molecule has 0 N–H and O–H groups in total. The third-order valence-corrected chi connectivity index (χ3v) is 4.74. The topological polar surface area (TPSA) is 78.9 Å². The molecule has 2 bridgehead atoms. The first-order chi connectivity index (χ1) is 10.6. The van der Waals surface area contributed by atoms with E-state index in [0.717, 1.165) is 0 Å². The zero-order valence-electron chi connectivity index (χ0n) is 11.9. The van der Waals surface area contributed by atoms with Crippen LogP contribution in [0.3, 0.4) is 0 Å². The monoisotopic (exact) mass is 300 g/mol. The van der Waals surface area contributed by atoms with E-state index in [1.165, 1.54) is 0 Å². The highest BCUT2D eigenvalue weighted by atomic mass is 16.5. The number of carbonyl (C=O) groups is 2. The molecule has 22 heavy (non-hydrogen) atoms. The number of nitrogens with zero attached hydrogens (tertiary/aromatic N) is 1. The molecule has 0 aromatic heterocycles. The van der Waals surface area contributed by atoms with Gasteiger partial charge in [0.1, 0.15) is 11.4 Å². The van der Waals surface area contributed by atoms with Gasteiger partial charge < -0.3 is 24.3 Å². The van der Waals surface area contributed by atoms with Gasteiger partial charge in [-0.2, -0.15) is 0 Å². The maximum absolute atomic E-state index is 12.8. The Hall–Kier alpha value is -2.34. The van der Waals surface area contributed by atoms with Gasteiger partial charge in [-0.15, -0.1) is 0 Å². The van der Waals surface area contributed by atoms with Gasteiger partial charge in [0.2, 0.25) is 5.91 Å². The second-order valence-corrected chi connectivity index (χ2v) is 5.84. The van der Waals surface area contributed by atoms with Crippen LogP contribution in [-0.2, 0) is 14.3 Å². The van der Waals surface area contributed by atoms with Crippen molar-refractivity contribution in [1.82, 2.24) is 0 Å². The molecule has 0 unspecified atom stereocenters. The molecule has 3 heterocycles. The second-order valence-electron chi connectivity index (χ2n) is 5.84. The smallest absolute Gasteiger partial charge is 0.234 e. The summed E-state index contributed by atoms with van der Waals surface area (Å²) in [4.78, 5) is 25.7. The highest BCUT2D eigenvalue weighted by molar-refractivity contribution is 6.02. The van der Waals surface area contributed by atoms with Gasteiger partial charge in [-0.1, -0.05) is 18.2 Å². The molecule has 4 atom stereocenters. The minimum absolute atomic E-state index is 0.241. The molecule has 2 fully saturated rings. The van der Waals surface area contributed by atoms with Crippen LogP contribution in [0.25, 0.3) is 0 Å². The van der Waals surface area contributed by atoms with Crippen molar-refractivity contribution in [2.75, 3.05) is 18.6 Å². The molecule has 1 amide bonds. The molecule has 0 saturated carbocycles. The van der Waals surface area contributed by atoms with Gasteiger partial charge in [0.25, 0.3) is 0 Å². The number of amides is 1. The Morgan fingerprint density at radius 1 is 1.50 bits per heavy atom. The number of benzene rings is 1. The molecule has 1 aromatic rings. The van der Waals surface area contributed by atoms with E-state index in [1.54, 1.807) is 42.4 Å². The van der Waals surface area contributed by atoms with Gasteiger partial charge in [0.05, 0.1) is 25.7 Å². The summed E-state index contributed by atoms with van der Waals surface area (Å²) in [6.07, 6.45) is 2.98. The third kappa shape index (κ3) is 1.58. The third-order valence-electron chi connectivity index (χ3n) is 4.74. The van der Waals surface area contributed by atoms with Gasteiger partial charge in [-0.25, -0.2) is 0 Å². The lowest BCUT2D eigenvalue weighted by Gasteiger charge is -2.24. The lowest BCUT2D eigenvalue weighted by molar-refractivity contribution is -0.313. The van der Waals surface area contributed by atoms with Crippen LogP contribution in [0.5, 0.6) is 5.75 Å². The number of carboxylic acids is 1. The molecule has 2 saturated heterocycles. The normalized spacial score (nSPS) is 35.0. The first-order valence-electron chi connectivity index (χ1n) is 7.09. The summed E-state index contributed by atoms with van der Waals surface area (Å²) < 4.78 is 11.0. The first-order valence-corrected chi connectivity index (χ1v) is 7.09. The second kappa shape index (κ2) is 4.33. The Morgan fingerprint density at radius 2 is 2.32 bits per heavy atom. The van der Waals surface area contributed by atoms with Crippen LogP contribution in [0.15, 0.2) is 36.4 Å². The molecule has 1 aromatic carbocycles. The molecule has 6 nitrogen and oxygen atoms in total. The summed E-state index contributed by atoms with van der Waals surface area (Å²) in [5.74, 6) is -2.49. The Balaban J connectivity index is 1.73. The molecule has 1 spiro atoms. The van der Waals surface area contributed by atoms with E-state index in [0.29, 0.717) is 18.0 Å². The molecule has 4 rings (SSSR count). The molecule has 3 aliphatic heterocycles. The van der Waals surface area contributed by atoms with E-state index < -0.39 is 29.5 Å². The van der Waals surface area contributed by atoms with Crippen LogP contribution < -0.4 is 14.7 Å². The average molecular weight is 300 g/mol. The maximum Gasteiger partial charge on any atom is 0.234 e. The highest BCUT2D eigenvalue weighted by Crippen LogP contribution is 2.52. The average Bonchev–Trinajstić information content (AvgIpc) is 3.15. The van der Waals surface area contributed by atoms with Gasteiger partial charge >= 0.3 is 0 Å². The van der Waals surface area contributed by atoms with Crippen molar-refractivity contribution in [1.29, 1.82) is 0 Å². The lowest BCUT2D eigenvalue weighted by Crippen LogP contribution is -2.45. The van der Waals surface area contributed by atoms with E-state index in [-0.39, 0.29) is 5.91 Å². The van der Waals surface area contributed by atoms with Gasteiger partial charge in [0.15, 0.2) is 0 Å². The summed E-state index contributed by atoms with van der Waals surface area (Å²) in [6.45, 7) is 0.306. The van der Waals surface area contributed by atoms with Crippen LogP contribution in [0.4, 0.5) is 5.69 Å². The van der Waals surface area contributed by atoms with E-state index in [2.05, 4.69) is 0 Å². The Kier molecular flexibility index (Phi) is 2.62. The summed E-state index contributed by atoms with van der Waals surface area (Å²) in [5, 5.41) is 11.4. The Morgan fingerprint density at radius 3 is 3.05 bits per heavy atom. The standard InChI is InChI=1S/C16H15NO5/c1-21-10-4-2-3-9(7-10)17-8-16-6-5-11(22-16)12(15(19)20)13(16)14(17)18/h2-7,11-13H,8H2,1H3,(H,19,20)/p-1/t11-,12-,13+,16+/m0/s1. The van der Waals surface area contributed by atoms with Gasteiger partial charge in [-0.3, -0.25) is 4.79 Å². The van der Waals surface area contributed by atoms with Crippen molar-refractivity contribution < 1.29 is 24.2 Å². The number of hydrogen-bond acceptors (Lipinski definition) is 5. The van der Waals surface area contributed by atoms with E-state index in [9.17, 15) is 14.7 Å².